The van der Waals surface area contributed by atoms with Crippen LogP contribution in [0.25, 0.3) is 11.3 Å². The van der Waals surface area contributed by atoms with Crippen molar-refractivity contribution in [1.82, 2.24) is 14.9 Å². The van der Waals surface area contributed by atoms with Crippen molar-refractivity contribution in [3.05, 3.63) is 41.9 Å². The quantitative estimate of drug-likeness (QED) is 0.892. The second-order valence-electron chi connectivity index (χ2n) is 5.64. The zero-order valence-corrected chi connectivity index (χ0v) is 11.1. The lowest BCUT2D eigenvalue weighted by molar-refractivity contribution is 0.420. The summed E-state index contributed by atoms with van der Waals surface area (Å²) >= 11 is 0. The van der Waals surface area contributed by atoms with E-state index in [1.165, 1.54) is 36.1 Å². The van der Waals surface area contributed by atoms with Crippen LogP contribution in [-0.4, -0.2) is 16.1 Å². The average Bonchev–Trinajstić information content (AvgIpc) is 2.82. The van der Waals surface area contributed by atoms with E-state index < -0.39 is 0 Å². The Kier molecular flexibility index (Phi) is 2.66. The molecule has 1 saturated carbocycles. The monoisotopic (exact) mass is 253 g/mol. The van der Waals surface area contributed by atoms with E-state index in [-0.39, 0.29) is 0 Å². The van der Waals surface area contributed by atoms with E-state index in [1.54, 1.807) is 0 Å². The molecule has 1 aliphatic carbocycles. The van der Waals surface area contributed by atoms with Crippen molar-refractivity contribution in [3.63, 3.8) is 0 Å². The summed E-state index contributed by atoms with van der Waals surface area (Å²) in [6.07, 6.45) is 6.15. The summed E-state index contributed by atoms with van der Waals surface area (Å²) in [6.45, 7) is 2.95. The highest BCUT2D eigenvalue weighted by molar-refractivity contribution is 5.60. The lowest BCUT2D eigenvalue weighted by Crippen LogP contribution is -2.28. The maximum Gasteiger partial charge on any atom is 0.123 e. The van der Waals surface area contributed by atoms with Crippen LogP contribution in [0.4, 0.5) is 0 Å². The molecule has 0 atom stereocenters. The van der Waals surface area contributed by atoms with E-state index in [9.17, 15) is 0 Å². The van der Waals surface area contributed by atoms with Crippen molar-refractivity contribution in [1.29, 1.82) is 0 Å². The van der Waals surface area contributed by atoms with E-state index in [2.05, 4.69) is 39.1 Å². The zero-order chi connectivity index (χ0) is 12.7. The molecule has 1 fully saturated rings. The van der Waals surface area contributed by atoms with Crippen LogP contribution in [0.15, 0.2) is 30.5 Å². The number of imidazole rings is 1. The Morgan fingerprint density at radius 2 is 2.00 bits per heavy atom. The molecule has 2 aromatic rings. The van der Waals surface area contributed by atoms with Gasteiger partial charge in [0.25, 0.3) is 0 Å². The second-order valence-corrected chi connectivity index (χ2v) is 5.64. The number of nitrogens with zero attached hydrogens (tertiary/aromatic N) is 2. The summed E-state index contributed by atoms with van der Waals surface area (Å²) in [7, 11) is 0. The van der Waals surface area contributed by atoms with Crippen molar-refractivity contribution in [2.24, 2.45) is 0 Å². The summed E-state index contributed by atoms with van der Waals surface area (Å²) in [6, 6.07) is 9.14. The minimum atomic E-state index is 0.817. The van der Waals surface area contributed by atoms with Gasteiger partial charge in [-0.25, -0.2) is 4.98 Å². The third kappa shape index (κ3) is 1.89. The van der Waals surface area contributed by atoms with Gasteiger partial charge < -0.3 is 9.88 Å². The number of benzene rings is 1. The first-order valence-electron chi connectivity index (χ1n) is 7.27. The molecule has 2 heterocycles. The van der Waals surface area contributed by atoms with Gasteiger partial charge in [0.15, 0.2) is 0 Å². The Morgan fingerprint density at radius 1 is 1.16 bits per heavy atom. The molecule has 0 spiro atoms. The SMILES string of the molecule is c1cc(C2CCC2)ccc1-c1cnc2n1CCNC2. The van der Waals surface area contributed by atoms with E-state index in [4.69, 9.17) is 0 Å². The Bertz CT molecular complexity index is 579. The van der Waals surface area contributed by atoms with Gasteiger partial charge in [0.1, 0.15) is 5.82 Å². The molecule has 0 amide bonds. The highest BCUT2D eigenvalue weighted by Gasteiger charge is 2.20. The fourth-order valence-electron chi connectivity index (χ4n) is 3.09. The summed E-state index contributed by atoms with van der Waals surface area (Å²) in [4.78, 5) is 4.52. The number of hydrogen-bond donors (Lipinski definition) is 1. The maximum atomic E-state index is 4.52. The normalized spacial score (nSPS) is 18.9. The predicted octanol–water partition coefficient (Wildman–Crippen LogP) is 2.92. The van der Waals surface area contributed by atoms with Gasteiger partial charge in [0, 0.05) is 13.1 Å². The Labute approximate surface area is 113 Å². The highest BCUT2D eigenvalue weighted by atomic mass is 15.2. The van der Waals surface area contributed by atoms with Crippen molar-refractivity contribution >= 4 is 0 Å². The molecule has 0 bridgehead atoms. The van der Waals surface area contributed by atoms with E-state index in [0.29, 0.717) is 0 Å². The van der Waals surface area contributed by atoms with Crippen LogP contribution in [0, 0.1) is 0 Å². The predicted molar refractivity (Wildman–Crippen MR) is 76.0 cm³/mol. The minimum Gasteiger partial charge on any atom is -0.326 e. The van der Waals surface area contributed by atoms with E-state index >= 15 is 0 Å². The number of aromatic nitrogens is 2. The van der Waals surface area contributed by atoms with Gasteiger partial charge in [-0.3, -0.25) is 0 Å². The molecule has 3 heteroatoms. The molecule has 98 valence electrons. The summed E-state index contributed by atoms with van der Waals surface area (Å²) in [5.74, 6) is 1.97. The lowest BCUT2D eigenvalue weighted by atomic mass is 9.80. The standard InChI is InChI=1S/C16H19N3/c1-2-12(3-1)13-4-6-14(7-5-13)15-10-18-16-11-17-8-9-19(15)16/h4-7,10,12,17H,1-3,8-9,11H2. The lowest BCUT2D eigenvalue weighted by Gasteiger charge is -2.26. The van der Waals surface area contributed by atoms with Crippen LogP contribution in [0.1, 0.15) is 36.6 Å². The first-order valence-corrected chi connectivity index (χ1v) is 7.27. The Morgan fingerprint density at radius 3 is 2.74 bits per heavy atom. The minimum absolute atomic E-state index is 0.817. The topological polar surface area (TPSA) is 29.9 Å². The first-order chi connectivity index (χ1) is 9.42. The summed E-state index contributed by atoms with van der Waals surface area (Å²) < 4.78 is 2.34. The fraction of sp³-hybridized carbons (Fsp3) is 0.438. The van der Waals surface area contributed by atoms with Crippen LogP contribution < -0.4 is 5.32 Å². The zero-order valence-electron chi connectivity index (χ0n) is 11.1. The molecule has 0 radical (unpaired) electrons. The Balaban J connectivity index is 1.66. The first kappa shape index (κ1) is 11.2. The molecule has 19 heavy (non-hydrogen) atoms. The van der Waals surface area contributed by atoms with Crippen LogP contribution in [0.2, 0.25) is 0 Å². The van der Waals surface area contributed by atoms with Gasteiger partial charge in [-0.2, -0.15) is 0 Å². The molecule has 4 rings (SSSR count). The van der Waals surface area contributed by atoms with Crippen LogP contribution in [-0.2, 0) is 13.1 Å². The fourth-order valence-corrected chi connectivity index (χ4v) is 3.09. The van der Waals surface area contributed by atoms with Gasteiger partial charge in [0.2, 0.25) is 0 Å². The van der Waals surface area contributed by atoms with Gasteiger partial charge in [0.05, 0.1) is 18.4 Å². The maximum absolute atomic E-state index is 4.52. The molecule has 3 nitrogen and oxygen atoms in total. The molecule has 2 aliphatic rings. The number of fused-ring (bicyclic) bond motifs is 1. The molecule has 1 aromatic carbocycles. The van der Waals surface area contributed by atoms with Gasteiger partial charge in [-0.1, -0.05) is 30.7 Å². The van der Waals surface area contributed by atoms with Crippen molar-refractivity contribution in [2.75, 3.05) is 6.54 Å². The smallest absolute Gasteiger partial charge is 0.123 e. The number of rotatable bonds is 2. The Hall–Kier alpha value is -1.61. The van der Waals surface area contributed by atoms with Crippen molar-refractivity contribution < 1.29 is 0 Å². The van der Waals surface area contributed by atoms with Crippen LogP contribution in [0.5, 0.6) is 0 Å². The number of nitrogens with one attached hydrogen (secondary N) is 1. The summed E-state index contributed by atoms with van der Waals surface area (Å²) in [5, 5.41) is 3.36. The third-order valence-corrected chi connectivity index (χ3v) is 4.52. The molecule has 1 aliphatic heterocycles. The van der Waals surface area contributed by atoms with Crippen LogP contribution in [0.3, 0.4) is 0 Å². The molecule has 1 aromatic heterocycles. The number of hydrogen-bond acceptors (Lipinski definition) is 2. The van der Waals surface area contributed by atoms with E-state index in [0.717, 1.165) is 31.4 Å². The van der Waals surface area contributed by atoms with Crippen molar-refractivity contribution in [3.8, 4) is 11.3 Å². The second kappa shape index (κ2) is 4.49. The molecule has 1 N–H and O–H groups in total. The molecule has 0 unspecified atom stereocenters. The highest BCUT2D eigenvalue weighted by Crippen LogP contribution is 2.37. The van der Waals surface area contributed by atoms with Gasteiger partial charge in [-0.15, -0.1) is 0 Å². The molecule has 0 saturated heterocycles. The molecular formula is C16H19N3. The average molecular weight is 253 g/mol. The third-order valence-electron chi connectivity index (χ3n) is 4.52. The van der Waals surface area contributed by atoms with E-state index in [1.807, 2.05) is 6.20 Å². The van der Waals surface area contributed by atoms with Crippen molar-refractivity contribution in [2.45, 2.75) is 38.3 Å². The van der Waals surface area contributed by atoms with Crippen LogP contribution >= 0.6 is 0 Å². The summed E-state index contributed by atoms with van der Waals surface area (Å²) in [5.41, 5.74) is 4.07. The van der Waals surface area contributed by atoms with Gasteiger partial charge in [-0.05, 0) is 29.9 Å². The molecular weight excluding hydrogens is 234 g/mol. The largest absolute Gasteiger partial charge is 0.326 e. The van der Waals surface area contributed by atoms with Gasteiger partial charge >= 0.3 is 0 Å².